The van der Waals surface area contributed by atoms with E-state index in [1.54, 1.807) is 0 Å². The SMILES string of the molecule is CC(C)Oc1ccccc1C1CCC1N. The van der Waals surface area contributed by atoms with E-state index in [9.17, 15) is 0 Å². The van der Waals surface area contributed by atoms with E-state index in [2.05, 4.69) is 26.0 Å². The quantitative estimate of drug-likeness (QED) is 0.823. The first-order valence-electron chi connectivity index (χ1n) is 5.69. The minimum atomic E-state index is 0.224. The number of ether oxygens (including phenoxy) is 1. The highest BCUT2D eigenvalue weighted by Crippen LogP contribution is 2.40. The Kier molecular flexibility index (Phi) is 2.96. The largest absolute Gasteiger partial charge is 0.491 e. The smallest absolute Gasteiger partial charge is 0.123 e. The van der Waals surface area contributed by atoms with Crippen molar-refractivity contribution in [1.29, 1.82) is 0 Å². The van der Waals surface area contributed by atoms with Gasteiger partial charge in [0.25, 0.3) is 0 Å². The lowest BCUT2D eigenvalue weighted by Crippen LogP contribution is -2.37. The van der Waals surface area contributed by atoms with Gasteiger partial charge in [0.15, 0.2) is 0 Å². The third kappa shape index (κ3) is 2.15. The van der Waals surface area contributed by atoms with Gasteiger partial charge in [-0.25, -0.2) is 0 Å². The average Bonchev–Trinajstić information content (AvgIpc) is 2.18. The molecule has 82 valence electrons. The summed E-state index contributed by atoms with van der Waals surface area (Å²) in [4.78, 5) is 0. The summed E-state index contributed by atoms with van der Waals surface area (Å²) in [6.07, 6.45) is 2.56. The predicted octanol–water partition coefficient (Wildman–Crippen LogP) is 2.68. The fourth-order valence-corrected chi connectivity index (χ4v) is 2.06. The lowest BCUT2D eigenvalue weighted by atomic mass is 9.75. The van der Waals surface area contributed by atoms with E-state index < -0.39 is 0 Å². The minimum Gasteiger partial charge on any atom is -0.491 e. The number of hydrogen-bond acceptors (Lipinski definition) is 2. The maximum absolute atomic E-state index is 6.00. The summed E-state index contributed by atoms with van der Waals surface area (Å²) >= 11 is 0. The van der Waals surface area contributed by atoms with Crippen molar-refractivity contribution in [2.75, 3.05) is 0 Å². The van der Waals surface area contributed by atoms with Gasteiger partial charge in [-0.15, -0.1) is 0 Å². The molecule has 0 aliphatic heterocycles. The molecule has 2 nitrogen and oxygen atoms in total. The molecule has 0 amide bonds. The highest BCUT2D eigenvalue weighted by Gasteiger charge is 2.30. The zero-order valence-electron chi connectivity index (χ0n) is 9.44. The third-order valence-electron chi connectivity index (χ3n) is 3.01. The number of hydrogen-bond donors (Lipinski definition) is 1. The Balaban J connectivity index is 2.21. The molecular formula is C13H19NO. The summed E-state index contributed by atoms with van der Waals surface area (Å²) < 4.78 is 5.79. The Labute approximate surface area is 91.4 Å². The Hall–Kier alpha value is -1.02. The van der Waals surface area contributed by atoms with Crippen LogP contribution in [0.4, 0.5) is 0 Å². The summed E-state index contributed by atoms with van der Waals surface area (Å²) in [6, 6.07) is 8.59. The summed E-state index contributed by atoms with van der Waals surface area (Å²) in [7, 11) is 0. The molecule has 0 saturated heterocycles. The second-order valence-electron chi connectivity index (χ2n) is 4.55. The van der Waals surface area contributed by atoms with Crippen LogP contribution in [-0.2, 0) is 0 Å². The van der Waals surface area contributed by atoms with Crippen molar-refractivity contribution < 1.29 is 4.74 Å². The van der Waals surface area contributed by atoms with Gasteiger partial charge in [-0.3, -0.25) is 0 Å². The fourth-order valence-electron chi connectivity index (χ4n) is 2.06. The van der Waals surface area contributed by atoms with E-state index in [1.807, 2.05) is 12.1 Å². The minimum absolute atomic E-state index is 0.224. The molecule has 1 aliphatic carbocycles. The van der Waals surface area contributed by atoms with Crippen LogP contribution < -0.4 is 10.5 Å². The molecule has 0 heterocycles. The maximum Gasteiger partial charge on any atom is 0.123 e. The highest BCUT2D eigenvalue weighted by atomic mass is 16.5. The summed E-state index contributed by atoms with van der Waals surface area (Å²) in [5.41, 5.74) is 7.28. The van der Waals surface area contributed by atoms with Gasteiger partial charge in [-0.2, -0.15) is 0 Å². The molecule has 2 heteroatoms. The maximum atomic E-state index is 6.00. The first-order chi connectivity index (χ1) is 7.18. The van der Waals surface area contributed by atoms with Crippen molar-refractivity contribution in [3.8, 4) is 5.75 Å². The van der Waals surface area contributed by atoms with Crippen LogP contribution in [-0.4, -0.2) is 12.1 Å². The topological polar surface area (TPSA) is 35.2 Å². The lowest BCUT2D eigenvalue weighted by Gasteiger charge is -2.35. The van der Waals surface area contributed by atoms with Crippen LogP contribution in [0.25, 0.3) is 0 Å². The van der Waals surface area contributed by atoms with Crippen LogP contribution in [0.3, 0.4) is 0 Å². The third-order valence-corrected chi connectivity index (χ3v) is 3.01. The molecule has 0 bridgehead atoms. The molecule has 2 unspecified atom stereocenters. The summed E-state index contributed by atoms with van der Waals surface area (Å²) in [6.45, 7) is 4.11. The molecule has 2 atom stereocenters. The number of nitrogens with two attached hydrogens (primary N) is 1. The van der Waals surface area contributed by atoms with Crippen molar-refractivity contribution in [3.05, 3.63) is 29.8 Å². The lowest BCUT2D eigenvalue weighted by molar-refractivity contribution is 0.232. The van der Waals surface area contributed by atoms with Crippen molar-refractivity contribution in [3.63, 3.8) is 0 Å². The molecule has 1 saturated carbocycles. The van der Waals surface area contributed by atoms with Crippen LogP contribution in [0.2, 0.25) is 0 Å². The molecule has 0 spiro atoms. The van der Waals surface area contributed by atoms with Gasteiger partial charge in [0.1, 0.15) is 5.75 Å². The van der Waals surface area contributed by atoms with E-state index in [-0.39, 0.29) is 6.10 Å². The molecule has 0 radical (unpaired) electrons. The van der Waals surface area contributed by atoms with Crippen LogP contribution in [0, 0.1) is 0 Å². The molecule has 1 aromatic rings. The van der Waals surface area contributed by atoms with Gasteiger partial charge in [0.05, 0.1) is 6.10 Å². The van der Waals surface area contributed by atoms with Crippen LogP contribution in [0.1, 0.15) is 38.2 Å². The van der Waals surface area contributed by atoms with Crippen LogP contribution in [0.15, 0.2) is 24.3 Å². The highest BCUT2D eigenvalue weighted by molar-refractivity contribution is 5.38. The van der Waals surface area contributed by atoms with E-state index in [0.29, 0.717) is 12.0 Å². The molecule has 1 fully saturated rings. The standard InChI is InChI=1S/C13H19NO/c1-9(2)15-13-6-4-3-5-11(13)10-7-8-12(10)14/h3-6,9-10,12H,7-8,14H2,1-2H3. The van der Waals surface area contributed by atoms with Gasteiger partial charge >= 0.3 is 0 Å². The van der Waals surface area contributed by atoms with E-state index in [1.165, 1.54) is 12.0 Å². The molecule has 15 heavy (non-hydrogen) atoms. The van der Waals surface area contributed by atoms with Gasteiger partial charge in [0, 0.05) is 12.0 Å². The van der Waals surface area contributed by atoms with Gasteiger partial charge in [-0.1, -0.05) is 18.2 Å². The molecular weight excluding hydrogens is 186 g/mol. The number of rotatable bonds is 3. The zero-order chi connectivity index (χ0) is 10.8. The summed E-state index contributed by atoms with van der Waals surface area (Å²) in [5.74, 6) is 1.51. The van der Waals surface area contributed by atoms with Crippen LogP contribution >= 0.6 is 0 Å². The molecule has 0 aromatic heterocycles. The second-order valence-corrected chi connectivity index (χ2v) is 4.55. The molecule has 1 aliphatic rings. The Morgan fingerprint density at radius 2 is 2.00 bits per heavy atom. The van der Waals surface area contributed by atoms with Crippen molar-refractivity contribution in [2.24, 2.45) is 5.73 Å². The predicted molar refractivity (Wildman–Crippen MR) is 62.2 cm³/mol. The Morgan fingerprint density at radius 3 is 2.53 bits per heavy atom. The average molecular weight is 205 g/mol. The Morgan fingerprint density at radius 1 is 1.27 bits per heavy atom. The molecule has 2 N–H and O–H groups in total. The number of benzene rings is 1. The molecule has 2 rings (SSSR count). The van der Waals surface area contributed by atoms with Crippen molar-refractivity contribution in [1.82, 2.24) is 0 Å². The fraction of sp³-hybridized carbons (Fsp3) is 0.538. The van der Waals surface area contributed by atoms with Crippen molar-refractivity contribution >= 4 is 0 Å². The Bertz CT molecular complexity index is 335. The van der Waals surface area contributed by atoms with Crippen molar-refractivity contribution in [2.45, 2.75) is 44.8 Å². The number of para-hydroxylation sites is 1. The monoisotopic (exact) mass is 205 g/mol. The van der Waals surface area contributed by atoms with Gasteiger partial charge in [-0.05, 0) is 38.3 Å². The van der Waals surface area contributed by atoms with E-state index >= 15 is 0 Å². The van der Waals surface area contributed by atoms with Crippen LogP contribution in [0.5, 0.6) is 5.75 Å². The molecule has 1 aromatic carbocycles. The van der Waals surface area contributed by atoms with E-state index in [0.717, 1.165) is 12.2 Å². The zero-order valence-corrected chi connectivity index (χ0v) is 9.44. The van der Waals surface area contributed by atoms with Gasteiger partial charge < -0.3 is 10.5 Å². The van der Waals surface area contributed by atoms with E-state index in [4.69, 9.17) is 10.5 Å². The second kappa shape index (κ2) is 4.23. The first-order valence-corrected chi connectivity index (χ1v) is 5.69. The normalized spacial score (nSPS) is 25.1. The first kappa shape index (κ1) is 10.5. The summed E-state index contributed by atoms with van der Waals surface area (Å²) in [5, 5.41) is 0. The van der Waals surface area contributed by atoms with Gasteiger partial charge in [0.2, 0.25) is 0 Å².